The van der Waals surface area contributed by atoms with E-state index < -0.39 is 11.5 Å². The number of ether oxygens (including phenoxy) is 1. The van der Waals surface area contributed by atoms with Crippen LogP contribution in [0.15, 0.2) is 58.2 Å². The van der Waals surface area contributed by atoms with Gasteiger partial charge in [0, 0.05) is 30.1 Å². The highest BCUT2D eigenvalue weighted by Gasteiger charge is 2.25. The van der Waals surface area contributed by atoms with Crippen LogP contribution >= 0.6 is 11.8 Å². The fourth-order valence-electron chi connectivity index (χ4n) is 2.93. The molecular weight excluding hydrogens is 364 g/mol. The number of para-hydroxylation sites is 1. The Labute approximate surface area is 161 Å². The minimum atomic E-state index is -0.591. The molecule has 2 aromatic carbocycles. The van der Waals surface area contributed by atoms with Crippen molar-refractivity contribution in [2.45, 2.75) is 11.6 Å². The van der Waals surface area contributed by atoms with Crippen LogP contribution in [-0.2, 0) is 11.5 Å². The Kier molecular flexibility index (Phi) is 5.53. The van der Waals surface area contributed by atoms with Gasteiger partial charge >= 0.3 is 0 Å². The molecule has 0 radical (unpaired) electrons. The Bertz CT molecular complexity index is 1050. The molecule has 0 aliphatic rings. The SMILES string of the molecule is COCn1c(=O)c(C(=O)N(C)c2ccccc2)c(O)c2cc(SC)ccc21. The normalized spacial score (nSPS) is 10.9. The summed E-state index contributed by atoms with van der Waals surface area (Å²) in [4.78, 5) is 28.3. The molecule has 0 saturated heterocycles. The van der Waals surface area contributed by atoms with Gasteiger partial charge in [-0.1, -0.05) is 18.2 Å². The van der Waals surface area contributed by atoms with E-state index >= 15 is 0 Å². The summed E-state index contributed by atoms with van der Waals surface area (Å²) in [5.41, 5.74) is 0.268. The molecule has 6 nitrogen and oxygen atoms in total. The average molecular weight is 384 g/mol. The van der Waals surface area contributed by atoms with Gasteiger partial charge in [-0.2, -0.15) is 0 Å². The zero-order valence-corrected chi connectivity index (χ0v) is 16.1. The maximum Gasteiger partial charge on any atom is 0.269 e. The van der Waals surface area contributed by atoms with Gasteiger partial charge in [0.05, 0.1) is 5.52 Å². The van der Waals surface area contributed by atoms with Crippen LogP contribution in [0.1, 0.15) is 10.4 Å². The van der Waals surface area contributed by atoms with E-state index in [0.29, 0.717) is 16.6 Å². The van der Waals surface area contributed by atoms with Crippen molar-refractivity contribution >= 4 is 34.3 Å². The van der Waals surface area contributed by atoms with E-state index in [4.69, 9.17) is 4.74 Å². The molecule has 27 heavy (non-hydrogen) atoms. The van der Waals surface area contributed by atoms with Crippen molar-refractivity contribution in [3.63, 3.8) is 0 Å². The summed E-state index contributed by atoms with van der Waals surface area (Å²) in [5.74, 6) is -0.893. The molecular formula is C20H20N2O4S. The summed E-state index contributed by atoms with van der Waals surface area (Å²) in [6.07, 6.45) is 1.92. The van der Waals surface area contributed by atoms with E-state index in [0.717, 1.165) is 4.90 Å². The number of aromatic hydroxyl groups is 1. The number of methoxy groups -OCH3 is 1. The molecule has 1 aromatic heterocycles. The van der Waals surface area contributed by atoms with Crippen LogP contribution in [0.25, 0.3) is 10.9 Å². The van der Waals surface area contributed by atoms with Gasteiger partial charge in [0.1, 0.15) is 18.0 Å². The Morgan fingerprint density at radius 1 is 1.22 bits per heavy atom. The highest BCUT2D eigenvalue weighted by molar-refractivity contribution is 7.98. The maximum absolute atomic E-state index is 13.0. The number of carbonyl (C=O) groups is 1. The van der Waals surface area contributed by atoms with Gasteiger partial charge in [-0.3, -0.25) is 14.2 Å². The monoisotopic (exact) mass is 384 g/mol. The summed E-state index contributed by atoms with van der Waals surface area (Å²) >= 11 is 1.51. The molecule has 0 atom stereocenters. The van der Waals surface area contributed by atoms with Crippen LogP contribution in [-0.4, -0.2) is 36.0 Å². The zero-order valence-electron chi connectivity index (χ0n) is 15.3. The first-order valence-corrected chi connectivity index (χ1v) is 9.47. The van der Waals surface area contributed by atoms with E-state index in [9.17, 15) is 14.7 Å². The number of hydrogen-bond donors (Lipinski definition) is 1. The molecule has 0 unspecified atom stereocenters. The van der Waals surface area contributed by atoms with E-state index in [1.165, 1.54) is 28.3 Å². The smallest absolute Gasteiger partial charge is 0.269 e. The zero-order chi connectivity index (χ0) is 19.6. The number of nitrogens with zero attached hydrogens (tertiary/aromatic N) is 2. The van der Waals surface area contributed by atoms with Gasteiger partial charge in [-0.15, -0.1) is 11.8 Å². The van der Waals surface area contributed by atoms with Crippen molar-refractivity contribution in [2.24, 2.45) is 0 Å². The van der Waals surface area contributed by atoms with Crippen LogP contribution in [0.3, 0.4) is 0 Å². The largest absolute Gasteiger partial charge is 0.506 e. The minimum Gasteiger partial charge on any atom is -0.506 e. The number of thioether (sulfide) groups is 1. The Balaban J connectivity index is 2.25. The third kappa shape index (κ3) is 3.43. The van der Waals surface area contributed by atoms with Gasteiger partial charge < -0.3 is 14.7 Å². The van der Waals surface area contributed by atoms with Gasteiger partial charge in [0.25, 0.3) is 11.5 Å². The molecule has 0 aliphatic heterocycles. The molecule has 0 fully saturated rings. The molecule has 1 amide bonds. The number of rotatable bonds is 5. The lowest BCUT2D eigenvalue weighted by atomic mass is 10.1. The number of carbonyl (C=O) groups excluding carboxylic acids is 1. The molecule has 1 heterocycles. The number of pyridine rings is 1. The van der Waals surface area contributed by atoms with Gasteiger partial charge in [-0.05, 0) is 36.6 Å². The van der Waals surface area contributed by atoms with Crippen LogP contribution in [0.5, 0.6) is 5.75 Å². The van der Waals surface area contributed by atoms with Gasteiger partial charge in [0.2, 0.25) is 0 Å². The first kappa shape index (κ1) is 19.0. The third-order valence-electron chi connectivity index (χ3n) is 4.37. The molecule has 0 aliphatic carbocycles. The van der Waals surface area contributed by atoms with E-state index in [1.807, 2.05) is 18.4 Å². The summed E-state index contributed by atoms with van der Waals surface area (Å²) in [6, 6.07) is 14.3. The van der Waals surface area contributed by atoms with Crippen molar-refractivity contribution in [1.29, 1.82) is 0 Å². The van der Waals surface area contributed by atoms with Crippen molar-refractivity contribution in [3.05, 3.63) is 64.4 Å². The van der Waals surface area contributed by atoms with E-state index in [-0.39, 0.29) is 18.0 Å². The minimum absolute atomic E-state index is 0.0242. The lowest BCUT2D eigenvalue weighted by Gasteiger charge is -2.20. The van der Waals surface area contributed by atoms with Gasteiger partial charge in [-0.25, -0.2) is 0 Å². The van der Waals surface area contributed by atoms with Crippen LogP contribution < -0.4 is 10.5 Å². The molecule has 3 rings (SSSR count). The fraction of sp³-hybridized carbons (Fsp3) is 0.200. The lowest BCUT2D eigenvalue weighted by Crippen LogP contribution is -2.35. The second-order valence-corrected chi connectivity index (χ2v) is 6.84. The van der Waals surface area contributed by atoms with Gasteiger partial charge in [0.15, 0.2) is 0 Å². The first-order valence-electron chi connectivity index (χ1n) is 8.25. The summed E-state index contributed by atoms with van der Waals surface area (Å²) in [5, 5.41) is 11.2. The van der Waals surface area contributed by atoms with Crippen molar-refractivity contribution < 1.29 is 14.6 Å². The number of anilines is 1. The highest BCUT2D eigenvalue weighted by atomic mass is 32.2. The number of amides is 1. The lowest BCUT2D eigenvalue weighted by molar-refractivity contribution is 0.0985. The van der Waals surface area contributed by atoms with E-state index in [1.54, 1.807) is 43.4 Å². The third-order valence-corrected chi connectivity index (χ3v) is 5.09. The average Bonchev–Trinajstić information content (AvgIpc) is 2.70. The molecule has 0 spiro atoms. The fourth-order valence-corrected chi connectivity index (χ4v) is 3.37. The van der Waals surface area contributed by atoms with E-state index in [2.05, 4.69) is 0 Å². The molecule has 0 bridgehead atoms. The highest BCUT2D eigenvalue weighted by Crippen LogP contribution is 2.31. The Morgan fingerprint density at radius 3 is 2.56 bits per heavy atom. The number of fused-ring (bicyclic) bond motifs is 1. The predicted octanol–water partition coefficient (Wildman–Crippen LogP) is 3.31. The Morgan fingerprint density at radius 2 is 1.93 bits per heavy atom. The standard InChI is InChI=1S/C20H20N2O4S/c1-21(13-7-5-4-6-8-13)19(24)17-18(23)15-11-14(27-3)9-10-16(15)22(12-26-2)20(17)25/h4-11,23H,12H2,1-3H3. The Hall–Kier alpha value is -2.77. The summed E-state index contributed by atoms with van der Waals surface area (Å²) < 4.78 is 6.50. The first-order chi connectivity index (χ1) is 13.0. The van der Waals surface area contributed by atoms with Crippen LogP contribution in [0, 0.1) is 0 Å². The predicted molar refractivity (Wildman–Crippen MR) is 108 cm³/mol. The summed E-state index contributed by atoms with van der Waals surface area (Å²) in [6.45, 7) is -0.0242. The topological polar surface area (TPSA) is 71.8 Å². The maximum atomic E-state index is 13.0. The van der Waals surface area contributed by atoms with Crippen LogP contribution in [0.4, 0.5) is 5.69 Å². The van der Waals surface area contributed by atoms with Crippen molar-refractivity contribution in [3.8, 4) is 5.75 Å². The quantitative estimate of drug-likeness (QED) is 0.684. The molecule has 7 heteroatoms. The van der Waals surface area contributed by atoms with Crippen molar-refractivity contribution in [2.75, 3.05) is 25.3 Å². The second-order valence-electron chi connectivity index (χ2n) is 5.96. The van der Waals surface area contributed by atoms with Crippen molar-refractivity contribution in [1.82, 2.24) is 4.57 Å². The molecule has 3 aromatic rings. The molecule has 0 saturated carbocycles. The number of benzene rings is 2. The second kappa shape index (κ2) is 7.85. The number of aromatic nitrogens is 1. The molecule has 140 valence electrons. The summed E-state index contributed by atoms with van der Waals surface area (Å²) in [7, 11) is 3.04. The number of hydrogen-bond acceptors (Lipinski definition) is 5. The van der Waals surface area contributed by atoms with Crippen LogP contribution in [0.2, 0.25) is 0 Å². The molecule has 1 N–H and O–H groups in total.